The maximum atomic E-state index is 13.3. The average molecular weight is 317 g/mol. The molecule has 2 nitrogen and oxygen atoms in total. The molecule has 0 aliphatic carbocycles. The number of ether oxygens (including phenoxy) is 1. The predicted molar refractivity (Wildman–Crippen MR) is 72.6 cm³/mol. The summed E-state index contributed by atoms with van der Waals surface area (Å²) in [7, 11) is 0. The molecule has 0 atom stereocenters. The number of benzene rings is 2. The lowest BCUT2D eigenvalue weighted by molar-refractivity contribution is 0.0918. The number of ketones is 1. The fourth-order valence-corrected chi connectivity index (χ4v) is 2.05. The second-order valence-corrected chi connectivity index (χ2v) is 4.73. The molecule has 104 valence electrons. The summed E-state index contributed by atoms with van der Waals surface area (Å²) >= 11 is 11.6. The average Bonchev–Trinajstić information content (AvgIpc) is 2.40. The molecule has 0 unspecified atom stereocenters. The molecule has 0 heterocycles. The molecule has 0 N–H and O–H groups in total. The van der Waals surface area contributed by atoms with Crippen LogP contribution in [0.3, 0.4) is 0 Å². The summed E-state index contributed by atoms with van der Waals surface area (Å²) < 4.78 is 31.3. The third kappa shape index (κ3) is 3.26. The standard InChI is InChI=1S/C14H8Cl2F2O2/c15-8-4-5-9(10(16)6-8)12(19)7-20-13-3-1-2-11(17)14(13)18/h1-6H,7H2. The highest BCUT2D eigenvalue weighted by molar-refractivity contribution is 6.36. The molecule has 2 rings (SSSR count). The van der Waals surface area contributed by atoms with Crippen molar-refractivity contribution in [2.45, 2.75) is 0 Å². The molecule has 6 heteroatoms. The minimum atomic E-state index is -1.14. The first kappa shape index (κ1) is 14.8. The predicted octanol–water partition coefficient (Wildman–Crippen LogP) is 4.53. The van der Waals surface area contributed by atoms with Gasteiger partial charge < -0.3 is 4.74 Å². The van der Waals surface area contributed by atoms with Gasteiger partial charge in [-0.1, -0.05) is 29.3 Å². The highest BCUT2D eigenvalue weighted by Gasteiger charge is 2.14. The zero-order valence-electron chi connectivity index (χ0n) is 10.00. The number of carbonyl (C=O) groups excluding carboxylic acids is 1. The van der Waals surface area contributed by atoms with Crippen molar-refractivity contribution in [2.24, 2.45) is 0 Å². The van der Waals surface area contributed by atoms with Gasteiger partial charge in [-0.25, -0.2) is 4.39 Å². The van der Waals surface area contributed by atoms with Crippen molar-refractivity contribution in [3.05, 3.63) is 63.6 Å². The van der Waals surface area contributed by atoms with Gasteiger partial charge in [0.25, 0.3) is 0 Å². The van der Waals surface area contributed by atoms with Crippen LogP contribution in [0.1, 0.15) is 10.4 Å². The van der Waals surface area contributed by atoms with Gasteiger partial charge in [0.1, 0.15) is 0 Å². The summed E-state index contributed by atoms with van der Waals surface area (Å²) in [6.45, 7) is -0.457. The normalized spacial score (nSPS) is 10.4. The van der Waals surface area contributed by atoms with Crippen LogP contribution in [0.4, 0.5) is 8.78 Å². The Hall–Kier alpha value is -1.65. The SMILES string of the molecule is O=C(COc1cccc(F)c1F)c1ccc(Cl)cc1Cl. The van der Waals surface area contributed by atoms with E-state index in [0.717, 1.165) is 6.07 Å². The lowest BCUT2D eigenvalue weighted by atomic mass is 10.1. The Bertz CT molecular complexity index is 660. The topological polar surface area (TPSA) is 26.3 Å². The Morgan fingerprint density at radius 3 is 2.60 bits per heavy atom. The van der Waals surface area contributed by atoms with Crippen molar-refractivity contribution >= 4 is 29.0 Å². The van der Waals surface area contributed by atoms with Gasteiger partial charge in [0.2, 0.25) is 11.6 Å². The molecule has 0 saturated carbocycles. The lowest BCUT2D eigenvalue weighted by Gasteiger charge is -2.08. The minimum Gasteiger partial charge on any atom is -0.482 e. The van der Waals surface area contributed by atoms with Crippen LogP contribution in [0.25, 0.3) is 0 Å². The van der Waals surface area contributed by atoms with E-state index in [1.54, 1.807) is 0 Å². The van der Waals surface area contributed by atoms with Crippen molar-refractivity contribution in [1.29, 1.82) is 0 Å². The van der Waals surface area contributed by atoms with Gasteiger partial charge in [-0.2, -0.15) is 4.39 Å². The first-order chi connectivity index (χ1) is 9.49. The summed E-state index contributed by atoms with van der Waals surface area (Å²) in [4.78, 5) is 11.9. The molecule has 0 aromatic heterocycles. The largest absolute Gasteiger partial charge is 0.482 e. The Balaban J connectivity index is 2.11. The first-order valence-electron chi connectivity index (χ1n) is 5.54. The van der Waals surface area contributed by atoms with Gasteiger partial charge in [0.15, 0.2) is 18.2 Å². The Kier molecular flexibility index (Phi) is 4.57. The molecule has 0 bridgehead atoms. The van der Waals surface area contributed by atoms with Crippen molar-refractivity contribution in [3.8, 4) is 5.75 Å². The van der Waals surface area contributed by atoms with Crippen molar-refractivity contribution in [1.82, 2.24) is 0 Å². The summed E-state index contributed by atoms with van der Waals surface area (Å²) in [5.74, 6) is -2.97. The summed E-state index contributed by atoms with van der Waals surface area (Å²) in [5, 5.41) is 0.564. The van der Waals surface area contributed by atoms with Crippen LogP contribution in [0.5, 0.6) is 5.75 Å². The first-order valence-corrected chi connectivity index (χ1v) is 6.29. The van der Waals surface area contributed by atoms with Crippen LogP contribution >= 0.6 is 23.2 Å². The van der Waals surface area contributed by atoms with E-state index in [1.807, 2.05) is 0 Å². The van der Waals surface area contributed by atoms with Gasteiger partial charge in [0, 0.05) is 10.6 Å². The van der Waals surface area contributed by atoms with Crippen LogP contribution in [0, 0.1) is 11.6 Å². The van der Waals surface area contributed by atoms with Crippen LogP contribution in [-0.4, -0.2) is 12.4 Å². The molecule has 20 heavy (non-hydrogen) atoms. The van der Waals surface area contributed by atoms with Crippen LogP contribution < -0.4 is 4.74 Å². The molecule has 0 fully saturated rings. The molecule has 0 amide bonds. The fraction of sp³-hybridized carbons (Fsp3) is 0.0714. The van der Waals surface area contributed by atoms with Crippen molar-refractivity contribution in [3.63, 3.8) is 0 Å². The van der Waals surface area contributed by atoms with E-state index in [-0.39, 0.29) is 16.3 Å². The highest BCUT2D eigenvalue weighted by Crippen LogP contribution is 2.23. The number of rotatable bonds is 4. The van der Waals surface area contributed by atoms with Gasteiger partial charge in [0.05, 0.1) is 5.02 Å². The zero-order valence-corrected chi connectivity index (χ0v) is 11.5. The van der Waals surface area contributed by atoms with Gasteiger partial charge in [-0.15, -0.1) is 0 Å². The molecular weight excluding hydrogens is 309 g/mol. The zero-order chi connectivity index (χ0) is 14.7. The quantitative estimate of drug-likeness (QED) is 0.774. The third-order valence-electron chi connectivity index (χ3n) is 2.51. The molecule has 0 spiro atoms. The lowest BCUT2D eigenvalue weighted by Crippen LogP contribution is -2.13. The van der Waals surface area contributed by atoms with Crippen LogP contribution in [0.15, 0.2) is 36.4 Å². The van der Waals surface area contributed by atoms with E-state index < -0.39 is 24.0 Å². The second-order valence-electron chi connectivity index (χ2n) is 3.89. The maximum Gasteiger partial charge on any atom is 0.201 e. The molecule has 0 saturated heterocycles. The van der Waals surface area contributed by atoms with Crippen molar-refractivity contribution < 1.29 is 18.3 Å². The van der Waals surface area contributed by atoms with Gasteiger partial charge in [-0.05, 0) is 30.3 Å². The molecule has 2 aromatic carbocycles. The Morgan fingerprint density at radius 2 is 1.90 bits per heavy atom. The maximum absolute atomic E-state index is 13.3. The molecule has 2 aromatic rings. The molecular formula is C14H8Cl2F2O2. The van der Waals surface area contributed by atoms with E-state index in [0.29, 0.717) is 5.02 Å². The smallest absolute Gasteiger partial charge is 0.201 e. The molecule has 0 aliphatic rings. The Morgan fingerprint density at radius 1 is 1.15 bits per heavy atom. The number of hydrogen-bond donors (Lipinski definition) is 0. The third-order valence-corrected chi connectivity index (χ3v) is 3.05. The fourth-order valence-electron chi connectivity index (χ4n) is 1.53. The van der Waals surface area contributed by atoms with Crippen LogP contribution in [-0.2, 0) is 0 Å². The molecule has 0 aliphatic heterocycles. The number of halogens is 4. The summed E-state index contributed by atoms with van der Waals surface area (Å²) in [6, 6.07) is 7.84. The minimum absolute atomic E-state index is 0.172. The van der Waals surface area contributed by atoms with E-state index in [2.05, 4.69) is 0 Å². The number of hydrogen-bond acceptors (Lipinski definition) is 2. The number of carbonyl (C=O) groups is 1. The van der Waals surface area contributed by atoms with Gasteiger partial charge >= 0.3 is 0 Å². The molecule has 0 radical (unpaired) electrons. The van der Waals surface area contributed by atoms with E-state index >= 15 is 0 Å². The Labute approximate surface area is 123 Å². The number of Topliss-reactive ketones (excluding diaryl/α,β-unsaturated/α-hetero) is 1. The highest BCUT2D eigenvalue weighted by atomic mass is 35.5. The van der Waals surface area contributed by atoms with Gasteiger partial charge in [-0.3, -0.25) is 4.79 Å². The van der Waals surface area contributed by atoms with Crippen molar-refractivity contribution in [2.75, 3.05) is 6.61 Å². The van der Waals surface area contributed by atoms with Crippen LogP contribution in [0.2, 0.25) is 10.0 Å². The van der Waals surface area contributed by atoms with E-state index in [4.69, 9.17) is 27.9 Å². The van der Waals surface area contributed by atoms with E-state index in [9.17, 15) is 13.6 Å². The summed E-state index contributed by atoms with van der Waals surface area (Å²) in [6.07, 6.45) is 0. The second kappa shape index (κ2) is 6.20. The van der Waals surface area contributed by atoms with E-state index in [1.165, 1.54) is 30.3 Å². The summed E-state index contributed by atoms with van der Waals surface area (Å²) in [5.41, 5.74) is 0.202. The monoisotopic (exact) mass is 316 g/mol.